The SMILES string of the molecule is CS(=O)(=O)c1cc(Br)cc(C(F)F)c1. The minimum Gasteiger partial charge on any atom is -0.224 e. The van der Waals surface area contributed by atoms with Crippen LogP contribution < -0.4 is 0 Å². The average molecular weight is 285 g/mol. The van der Waals surface area contributed by atoms with Crippen molar-refractivity contribution in [3.05, 3.63) is 28.2 Å². The first-order chi connectivity index (χ1) is 6.30. The lowest BCUT2D eigenvalue weighted by Gasteiger charge is -2.04. The minimum absolute atomic E-state index is 0.109. The highest BCUT2D eigenvalue weighted by Gasteiger charge is 2.14. The van der Waals surface area contributed by atoms with E-state index in [0.717, 1.165) is 12.3 Å². The van der Waals surface area contributed by atoms with E-state index in [9.17, 15) is 17.2 Å². The molecule has 0 fully saturated rings. The molecule has 0 saturated heterocycles. The highest BCUT2D eigenvalue weighted by molar-refractivity contribution is 9.10. The summed E-state index contributed by atoms with van der Waals surface area (Å²) in [6.07, 6.45) is -1.70. The van der Waals surface area contributed by atoms with Gasteiger partial charge in [0, 0.05) is 16.3 Å². The lowest BCUT2D eigenvalue weighted by Crippen LogP contribution is -1.98. The molecular formula is C8H7BrF2O2S. The van der Waals surface area contributed by atoms with Crippen LogP contribution in [0, 0.1) is 0 Å². The highest BCUT2D eigenvalue weighted by Crippen LogP contribution is 2.26. The molecule has 0 unspecified atom stereocenters. The van der Waals surface area contributed by atoms with Crippen molar-refractivity contribution in [1.82, 2.24) is 0 Å². The van der Waals surface area contributed by atoms with E-state index in [2.05, 4.69) is 15.9 Å². The third-order valence-corrected chi connectivity index (χ3v) is 3.12. The Labute approximate surface area is 89.0 Å². The van der Waals surface area contributed by atoms with Crippen molar-refractivity contribution in [2.45, 2.75) is 11.3 Å². The van der Waals surface area contributed by atoms with Crippen LogP contribution in [0.15, 0.2) is 27.6 Å². The molecule has 2 nitrogen and oxygen atoms in total. The van der Waals surface area contributed by atoms with Crippen LogP contribution in [0.1, 0.15) is 12.0 Å². The van der Waals surface area contributed by atoms with Gasteiger partial charge in [-0.3, -0.25) is 0 Å². The van der Waals surface area contributed by atoms with Gasteiger partial charge in [-0.25, -0.2) is 17.2 Å². The summed E-state index contributed by atoms with van der Waals surface area (Å²) in [5, 5.41) is 0. The molecule has 0 aromatic heterocycles. The van der Waals surface area contributed by atoms with Crippen LogP contribution in [0.4, 0.5) is 8.78 Å². The fourth-order valence-electron chi connectivity index (χ4n) is 0.924. The topological polar surface area (TPSA) is 34.1 Å². The highest BCUT2D eigenvalue weighted by atomic mass is 79.9. The maximum absolute atomic E-state index is 12.3. The van der Waals surface area contributed by atoms with E-state index in [1.54, 1.807) is 0 Å². The predicted molar refractivity (Wildman–Crippen MR) is 52.2 cm³/mol. The maximum Gasteiger partial charge on any atom is 0.263 e. The first-order valence-corrected chi connectivity index (χ1v) is 6.28. The molecule has 0 aliphatic heterocycles. The molecule has 0 atom stereocenters. The summed E-state index contributed by atoms with van der Waals surface area (Å²) in [4.78, 5) is -0.109. The second-order valence-electron chi connectivity index (χ2n) is 2.79. The Morgan fingerprint density at radius 2 is 1.86 bits per heavy atom. The maximum atomic E-state index is 12.3. The van der Waals surface area contributed by atoms with Crippen LogP contribution in [0.3, 0.4) is 0 Å². The van der Waals surface area contributed by atoms with Crippen LogP contribution in [0.2, 0.25) is 0 Å². The zero-order valence-electron chi connectivity index (χ0n) is 7.17. The lowest BCUT2D eigenvalue weighted by atomic mass is 10.2. The zero-order chi connectivity index (χ0) is 10.9. The minimum atomic E-state index is -3.44. The van der Waals surface area contributed by atoms with E-state index in [1.165, 1.54) is 12.1 Å². The Kier molecular flexibility index (Phi) is 3.26. The van der Waals surface area contributed by atoms with E-state index < -0.39 is 16.3 Å². The van der Waals surface area contributed by atoms with Crippen molar-refractivity contribution in [1.29, 1.82) is 0 Å². The quantitative estimate of drug-likeness (QED) is 0.837. The molecule has 78 valence electrons. The largest absolute Gasteiger partial charge is 0.263 e. The van der Waals surface area contributed by atoms with Gasteiger partial charge in [-0.2, -0.15) is 0 Å². The van der Waals surface area contributed by atoms with Crippen molar-refractivity contribution >= 4 is 25.8 Å². The van der Waals surface area contributed by atoms with Crippen LogP contribution in [0.25, 0.3) is 0 Å². The van der Waals surface area contributed by atoms with Crippen molar-refractivity contribution in [2.24, 2.45) is 0 Å². The Morgan fingerprint density at radius 1 is 1.29 bits per heavy atom. The molecule has 1 aromatic rings. The third-order valence-electron chi connectivity index (χ3n) is 1.57. The van der Waals surface area contributed by atoms with Crippen molar-refractivity contribution < 1.29 is 17.2 Å². The normalized spacial score (nSPS) is 12.1. The smallest absolute Gasteiger partial charge is 0.224 e. The van der Waals surface area contributed by atoms with Gasteiger partial charge < -0.3 is 0 Å². The van der Waals surface area contributed by atoms with E-state index in [-0.39, 0.29) is 10.5 Å². The van der Waals surface area contributed by atoms with Crippen molar-refractivity contribution in [2.75, 3.05) is 6.26 Å². The molecule has 0 spiro atoms. The molecule has 0 saturated carbocycles. The number of hydrogen-bond acceptors (Lipinski definition) is 2. The van der Waals surface area contributed by atoms with Crippen LogP contribution in [-0.2, 0) is 9.84 Å². The summed E-state index contributed by atoms with van der Waals surface area (Å²) < 4.78 is 47.1. The van der Waals surface area contributed by atoms with Gasteiger partial charge in [-0.15, -0.1) is 0 Å². The van der Waals surface area contributed by atoms with E-state index in [4.69, 9.17) is 0 Å². The fourth-order valence-corrected chi connectivity index (χ4v) is 2.28. The third kappa shape index (κ3) is 2.75. The van der Waals surface area contributed by atoms with E-state index in [1.807, 2.05) is 0 Å². The molecule has 0 bridgehead atoms. The number of hydrogen-bond donors (Lipinski definition) is 0. The summed E-state index contributed by atoms with van der Waals surface area (Å²) in [5.41, 5.74) is -0.306. The van der Waals surface area contributed by atoms with Crippen molar-refractivity contribution in [3.8, 4) is 0 Å². The van der Waals surface area contributed by atoms with Crippen molar-refractivity contribution in [3.63, 3.8) is 0 Å². The number of benzene rings is 1. The van der Waals surface area contributed by atoms with Crippen LogP contribution in [-0.4, -0.2) is 14.7 Å². The summed E-state index contributed by atoms with van der Waals surface area (Å²) in [7, 11) is -3.44. The molecule has 14 heavy (non-hydrogen) atoms. The van der Waals surface area contributed by atoms with E-state index in [0.29, 0.717) is 4.47 Å². The number of sulfone groups is 1. The van der Waals surface area contributed by atoms with Gasteiger partial charge in [-0.05, 0) is 18.2 Å². The molecule has 0 N–H and O–H groups in total. The Hall–Kier alpha value is -0.490. The van der Waals surface area contributed by atoms with Gasteiger partial charge >= 0.3 is 0 Å². The number of alkyl halides is 2. The summed E-state index contributed by atoms with van der Waals surface area (Å²) in [6, 6.07) is 3.46. The lowest BCUT2D eigenvalue weighted by molar-refractivity contribution is 0.151. The monoisotopic (exact) mass is 284 g/mol. The molecule has 0 aliphatic rings. The molecule has 6 heteroatoms. The average Bonchev–Trinajstić information content (AvgIpc) is 2.01. The molecule has 1 aromatic carbocycles. The summed E-state index contributed by atoms with van der Waals surface area (Å²) in [6.45, 7) is 0. The molecule has 0 aliphatic carbocycles. The van der Waals surface area contributed by atoms with Gasteiger partial charge in [-0.1, -0.05) is 15.9 Å². The predicted octanol–water partition coefficient (Wildman–Crippen LogP) is 2.79. The van der Waals surface area contributed by atoms with Gasteiger partial charge in [0.2, 0.25) is 0 Å². The molecular weight excluding hydrogens is 278 g/mol. The Balaban J connectivity index is 3.35. The number of rotatable bonds is 2. The molecule has 0 amide bonds. The number of halogens is 3. The van der Waals surface area contributed by atoms with Crippen LogP contribution in [0.5, 0.6) is 0 Å². The Morgan fingerprint density at radius 3 is 2.29 bits per heavy atom. The van der Waals surface area contributed by atoms with Gasteiger partial charge in [0.05, 0.1) is 4.90 Å². The van der Waals surface area contributed by atoms with Gasteiger partial charge in [0.15, 0.2) is 9.84 Å². The first-order valence-electron chi connectivity index (χ1n) is 3.59. The van der Waals surface area contributed by atoms with Gasteiger partial charge in [0.1, 0.15) is 0 Å². The standard InChI is InChI=1S/C8H7BrF2O2S/c1-14(12,13)7-3-5(8(10)11)2-6(9)4-7/h2-4,8H,1H3. The zero-order valence-corrected chi connectivity index (χ0v) is 9.57. The van der Waals surface area contributed by atoms with Gasteiger partial charge in [0.25, 0.3) is 6.43 Å². The molecule has 1 rings (SSSR count). The summed E-state index contributed by atoms with van der Waals surface area (Å²) >= 11 is 2.98. The Bertz CT molecular complexity index is 443. The van der Waals surface area contributed by atoms with Crippen LogP contribution >= 0.6 is 15.9 Å². The van der Waals surface area contributed by atoms with E-state index >= 15 is 0 Å². The summed E-state index contributed by atoms with van der Waals surface area (Å²) in [5.74, 6) is 0. The first kappa shape index (κ1) is 11.6. The fraction of sp³-hybridized carbons (Fsp3) is 0.250. The molecule has 0 heterocycles. The second-order valence-corrected chi connectivity index (χ2v) is 5.72. The molecule has 0 radical (unpaired) electrons. The second kappa shape index (κ2) is 3.94.